The number of carbonyl (C=O) groups excluding carboxylic acids is 1. The van der Waals surface area contributed by atoms with E-state index in [1.165, 1.54) is 6.08 Å². The van der Waals surface area contributed by atoms with Crippen LogP contribution in [0.5, 0.6) is 11.5 Å². The van der Waals surface area contributed by atoms with Crippen molar-refractivity contribution in [2.24, 2.45) is 0 Å². The molecule has 4 rings (SSSR count). The van der Waals surface area contributed by atoms with Crippen molar-refractivity contribution >= 4 is 60.6 Å². The summed E-state index contributed by atoms with van der Waals surface area (Å²) in [6, 6.07) is 20.5. The number of benzene rings is 3. The number of rotatable bonds is 13. The Hall–Kier alpha value is -3.60. The van der Waals surface area contributed by atoms with Crippen LogP contribution in [0, 0.1) is 0 Å². The summed E-state index contributed by atoms with van der Waals surface area (Å²) < 4.78 is 12.6. The highest BCUT2D eigenvalue weighted by Crippen LogP contribution is 2.23. The number of halogens is 2. The van der Waals surface area contributed by atoms with E-state index >= 15 is 0 Å². The molecule has 4 aromatic rings. The fourth-order valence-corrected chi connectivity index (χ4v) is 5.69. The van der Waals surface area contributed by atoms with Crippen LogP contribution in [0.1, 0.15) is 17.5 Å². The van der Waals surface area contributed by atoms with E-state index in [-0.39, 0.29) is 17.4 Å². The monoisotopic (exact) mass is 682 g/mol. The van der Waals surface area contributed by atoms with Gasteiger partial charge in [-0.25, -0.2) is 0 Å². The van der Waals surface area contributed by atoms with Crippen molar-refractivity contribution in [3.8, 4) is 11.5 Å². The number of H-pyrrole nitrogens is 1. The van der Waals surface area contributed by atoms with Gasteiger partial charge in [-0.1, -0.05) is 44.0 Å². The molecule has 0 saturated carbocycles. The molecule has 10 heteroatoms. The van der Waals surface area contributed by atoms with Gasteiger partial charge in [0.15, 0.2) is 5.43 Å². The number of amides is 1. The van der Waals surface area contributed by atoms with Gasteiger partial charge in [-0.2, -0.15) is 0 Å². The molecule has 4 N–H and O–H groups in total. The summed E-state index contributed by atoms with van der Waals surface area (Å²) in [5.74, 6) is 1.74. The average molecular weight is 684 g/mol. The Bertz CT molecular complexity index is 1550. The Labute approximate surface area is 255 Å². The normalized spacial score (nSPS) is 11.9. The Morgan fingerprint density at radius 2 is 1.68 bits per heavy atom. The lowest BCUT2D eigenvalue weighted by atomic mass is 10.1. The first-order valence-corrected chi connectivity index (χ1v) is 14.6. The lowest BCUT2D eigenvalue weighted by molar-refractivity contribution is -0.116. The molecule has 0 spiro atoms. The summed E-state index contributed by atoms with van der Waals surface area (Å²) in [4.78, 5) is 28.4. The number of para-hydroxylation sites is 1. The van der Waals surface area contributed by atoms with Gasteiger partial charge < -0.3 is 30.4 Å². The van der Waals surface area contributed by atoms with Crippen molar-refractivity contribution in [3.63, 3.8) is 0 Å². The van der Waals surface area contributed by atoms with Gasteiger partial charge in [-0.3, -0.25) is 9.59 Å². The molecule has 0 aliphatic rings. The van der Waals surface area contributed by atoms with Crippen LogP contribution in [0.4, 0.5) is 5.82 Å². The summed E-state index contributed by atoms with van der Waals surface area (Å²) >= 11 is 7.08. The number of nitrogens with one attached hydrogen (secondary N) is 4. The molecule has 0 radical (unpaired) electrons. The highest BCUT2D eigenvalue weighted by atomic mass is 79.9. The minimum atomic E-state index is -0.212. The van der Waals surface area contributed by atoms with E-state index in [1.807, 2.05) is 36.4 Å². The molecule has 1 atom stereocenters. The Morgan fingerprint density at radius 3 is 2.39 bits per heavy atom. The summed E-state index contributed by atoms with van der Waals surface area (Å²) in [6.45, 7) is 1.62. The molecular formula is C31H32Br2N4O4. The van der Waals surface area contributed by atoms with Crippen LogP contribution >= 0.6 is 31.9 Å². The van der Waals surface area contributed by atoms with E-state index < -0.39 is 0 Å². The molecule has 0 saturated heterocycles. The van der Waals surface area contributed by atoms with E-state index in [1.54, 1.807) is 38.5 Å². The molecular weight excluding hydrogens is 652 g/mol. The SMILES string of the molecule is COc1cc(/C=C/C(=O)NCC(CCNc2cc(=O)c3ccccc3[nH]2)NCc2cc(Br)cc(Br)c2)cc(OC)c1. The maximum Gasteiger partial charge on any atom is 0.244 e. The highest BCUT2D eigenvalue weighted by molar-refractivity contribution is 9.11. The fourth-order valence-electron chi connectivity index (χ4n) is 4.31. The van der Waals surface area contributed by atoms with Crippen molar-refractivity contribution in [1.29, 1.82) is 0 Å². The van der Waals surface area contributed by atoms with Gasteiger partial charge in [-0.05, 0) is 66.1 Å². The number of aromatic amines is 1. The Balaban J connectivity index is 1.39. The van der Waals surface area contributed by atoms with Gasteiger partial charge >= 0.3 is 0 Å². The van der Waals surface area contributed by atoms with Crippen LogP contribution in [-0.4, -0.2) is 44.2 Å². The third-order valence-electron chi connectivity index (χ3n) is 6.39. The molecule has 0 fully saturated rings. The largest absolute Gasteiger partial charge is 0.497 e. The van der Waals surface area contributed by atoms with Crippen molar-refractivity contribution in [2.45, 2.75) is 19.0 Å². The van der Waals surface area contributed by atoms with E-state index in [9.17, 15) is 9.59 Å². The zero-order valence-electron chi connectivity index (χ0n) is 22.8. The van der Waals surface area contributed by atoms with Crippen molar-refractivity contribution in [3.05, 3.63) is 103 Å². The predicted molar refractivity (Wildman–Crippen MR) is 172 cm³/mol. The summed E-state index contributed by atoms with van der Waals surface area (Å²) in [6.07, 6.45) is 3.91. The van der Waals surface area contributed by atoms with Gasteiger partial charge in [-0.15, -0.1) is 0 Å². The molecule has 0 aliphatic heterocycles. The Kier molecular flexibility index (Phi) is 11.0. The van der Waals surface area contributed by atoms with Crippen LogP contribution in [0.15, 0.2) is 86.5 Å². The third-order valence-corrected chi connectivity index (χ3v) is 7.30. The van der Waals surface area contributed by atoms with E-state index in [0.29, 0.717) is 48.8 Å². The molecule has 1 amide bonds. The Morgan fingerprint density at radius 1 is 0.976 bits per heavy atom. The van der Waals surface area contributed by atoms with Crippen LogP contribution in [-0.2, 0) is 11.3 Å². The quantitative estimate of drug-likeness (QED) is 0.132. The topological polar surface area (TPSA) is 104 Å². The minimum absolute atomic E-state index is 0.0375. The summed E-state index contributed by atoms with van der Waals surface area (Å²) in [7, 11) is 3.17. The molecule has 0 aliphatic carbocycles. The predicted octanol–water partition coefficient (Wildman–Crippen LogP) is 5.86. The van der Waals surface area contributed by atoms with E-state index in [2.05, 4.69) is 64.9 Å². The van der Waals surface area contributed by atoms with Crippen LogP contribution in [0.3, 0.4) is 0 Å². The first-order chi connectivity index (χ1) is 19.8. The second kappa shape index (κ2) is 14.9. The van der Waals surface area contributed by atoms with Crippen LogP contribution < -0.4 is 30.9 Å². The first-order valence-electron chi connectivity index (χ1n) is 13.1. The van der Waals surface area contributed by atoms with Gasteiger partial charge in [0.1, 0.15) is 17.3 Å². The minimum Gasteiger partial charge on any atom is -0.497 e. The zero-order chi connectivity index (χ0) is 29.2. The number of carbonyl (C=O) groups is 1. The molecule has 214 valence electrons. The second-order valence-corrected chi connectivity index (χ2v) is 11.2. The number of hydrogen-bond donors (Lipinski definition) is 4. The van der Waals surface area contributed by atoms with Crippen molar-refractivity contribution < 1.29 is 14.3 Å². The maximum atomic E-state index is 12.7. The molecule has 1 aromatic heterocycles. The van der Waals surface area contributed by atoms with Crippen LogP contribution in [0.2, 0.25) is 0 Å². The maximum absolute atomic E-state index is 12.7. The number of methoxy groups -OCH3 is 2. The average Bonchev–Trinajstić information content (AvgIpc) is 2.96. The lowest BCUT2D eigenvalue weighted by Crippen LogP contribution is -2.41. The standard InChI is InChI=1S/C31H32Br2N4O4/c1-40-25-13-20(14-26(16-25)41-2)7-8-31(39)36-19-24(35-18-21-11-22(32)15-23(33)12-21)9-10-34-30-17-29(38)27-5-3-4-6-28(27)37-30/h3-8,11-17,24,35H,9-10,18-19H2,1-2H3,(H,36,39)(H2,34,37,38)/b8-7+. The third kappa shape index (κ3) is 9.21. The van der Waals surface area contributed by atoms with Gasteiger partial charge in [0.2, 0.25) is 5.91 Å². The highest BCUT2D eigenvalue weighted by Gasteiger charge is 2.11. The fraction of sp³-hybridized carbons (Fsp3) is 0.226. The molecule has 8 nitrogen and oxygen atoms in total. The number of anilines is 1. The summed E-state index contributed by atoms with van der Waals surface area (Å²) in [5, 5.41) is 10.5. The molecule has 3 aromatic carbocycles. The van der Waals surface area contributed by atoms with Gasteiger partial charge in [0.05, 0.1) is 19.7 Å². The van der Waals surface area contributed by atoms with Crippen LogP contribution in [0.25, 0.3) is 17.0 Å². The van der Waals surface area contributed by atoms with E-state index in [4.69, 9.17) is 9.47 Å². The number of aromatic nitrogens is 1. The molecule has 1 unspecified atom stereocenters. The number of hydrogen-bond acceptors (Lipinski definition) is 6. The van der Waals surface area contributed by atoms with Gasteiger partial charge in [0, 0.05) is 58.2 Å². The lowest BCUT2D eigenvalue weighted by Gasteiger charge is -2.20. The van der Waals surface area contributed by atoms with Gasteiger partial charge in [0.25, 0.3) is 0 Å². The number of ether oxygens (including phenoxy) is 2. The molecule has 0 bridgehead atoms. The summed E-state index contributed by atoms with van der Waals surface area (Å²) in [5.41, 5.74) is 2.63. The van der Waals surface area contributed by atoms with E-state index in [0.717, 1.165) is 25.6 Å². The number of fused-ring (bicyclic) bond motifs is 1. The second-order valence-electron chi connectivity index (χ2n) is 9.39. The number of pyridine rings is 1. The first kappa shape index (κ1) is 30.4. The van der Waals surface area contributed by atoms with Crippen molar-refractivity contribution in [2.75, 3.05) is 32.6 Å². The molecule has 41 heavy (non-hydrogen) atoms. The zero-order valence-corrected chi connectivity index (χ0v) is 26.0. The molecule has 1 heterocycles. The smallest absolute Gasteiger partial charge is 0.244 e. The van der Waals surface area contributed by atoms with Crippen molar-refractivity contribution in [1.82, 2.24) is 15.6 Å².